The molecule has 4 aromatic rings. The van der Waals surface area contributed by atoms with Gasteiger partial charge in [0.15, 0.2) is 0 Å². The van der Waals surface area contributed by atoms with E-state index in [4.69, 9.17) is 5.84 Å². The molecule has 0 aliphatic carbocycles. The van der Waals surface area contributed by atoms with Crippen molar-refractivity contribution in [2.75, 3.05) is 16.5 Å². The quantitative estimate of drug-likeness (QED) is 0.421. The molecule has 0 spiro atoms. The molecule has 0 bridgehead atoms. The monoisotopic (exact) mass is 395 g/mol. The number of anilines is 2. The van der Waals surface area contributed by atoms with Gasteiger partial charge in [0.2, 0.25) is 11.1 Å². The third-order valence-corrected chi connectivity index (χ3v) is 6.16. The minimum absolute atomic E-state index is 0.0378. The second-order valence-electron chi connectivity index (χ2n) is 5.79. The van der Waals surface area contributed by atoms with E-state index < -0.39 is 0 Å². The van der Waals surface area contributed by atoms with Crippen LogP contribution in [0.15, 0.2) is 69.8 Å². The first kappa shape index (κ1) is 16.2. The lowest BCUT2D eigenvalue weighted by Gasteiger charge is -2.30. The van der Waals surface area contributed by atoms with Crippen LogP contribution in [0.5, 0.6) is 0 Å². The number of fused-ring (bicyclic) bond motifs is 3. The van der Waals surface area contributed by atoms with Crippen LogP contribution in [0.1, 0.15) is 0 Å². The van der Waals surface area contributed by atoms with Crippen LogP contribution in [-0.2, 0) is 4.79 Å². The number of nitrogens with zero attached hydrogens (tertiary/aromatic N) is 6. The molecule has 1 aliphatic heterocycles. The molecule has 0 radical (unpaired) electrons. The molecular formula is C17H13N7OS2. The van der Waals surface area contributed by atoms with Crippen LogP contribution < -0.4 is 10.7 Å². The summed E-state index contributed by atoms with van der Waals surface area (Å²) in [5, 5.41) is 12.7. The van der Waals surface area contributed by atoms with E-state index in [9.17, 15) is 4.79 Å². The number of benzene rings is 2. The Bertz CT molecular complexity index is 1120. The topological polar surface area (TPSA) is 94.3 Å². The summed E-state index contributed by atoms with van der Waals surface area (Å²) in [6.45, 7) is 0. The van der Waals surface area contributed by atoms with Crippen LogP contribution in [-0.4, -0.2) is 36.1 Å². The molecule has 0 atom stereocenters. The van der Waals surface area contributed by atoms with E-state index >= 15 is 0 Å². The number of carbonyl (C=O) groups is 1. The zero-order valence-electron chi connectivity index (χ0n) is 13.9. The normalized spacial score (nSPS) is 12.8. The molecule has 2 N–H and O–H groups in total. The Balaban J connectivity index is 1.46. The average molecular weight is 395 g/mol. The summed E-state index contributed by atoms with van der Waals surface area (Å²) in [4.78, 5) is 17.0. The highest BCUT2D eigenvalue weighted by Gasteiger charge is 2.28. The number of amides is 1. The van der Waals surface area contributed by atoms with E-state index in [1.807, 2.05) is 48.5 Å². The first-order valence-corrected chi connectivity index (χ1v) is 9.88. The second kappa shape index (κ2) is 6.32. The molecule has 0 unspecified atom stereocenters. The van der Waals surface area contributed by atoms with Crippen molar-refractivity contribution in [3.63, 3.8) is 0 Å². The van der Waals surface area contributed by atoms with E-state index in [1.54, 1.807) is 16.7 Å². The van der Waals surface area contributed by atoms with Gasteiger partial charge < -0.3 is 5.84 Å². The Hall–Kier alpha value is -2.98. The lowest BCUT2D eigenvalue weighted by Crippen LogP contribution is -2.30. The van der Waals surface area contributed by atoms with Gasteiger partial charge in [0.1, 0.15) is 6.33 Å². The second-order valence-corrected chi connectivity index (χ2v) is 7.81. The zero-order chi connectivity index (χ0) is 18.4. The maximum absolute atomic E-state index is 13.1. The van der Waals surface area contributed by atoms with Gasteiger partial charge in [0.25, 0.3) is 5.78 Å². The summed E-state index contributed by atoms with van der Waals surface area (Å²) in [6, 6.07) is 15.8. The van der Waals surface area contributed by atoms with Gasteiger partial charge in [-0.3, -0.25) is 9.69 Å². The van der Waals surface area contributed by atoms with Gasteiger partial charge in [-0.2, -0.15) is 9.61 Å². The van der Waals surface area contributed by atoms with E-state index in [1.165, 1.54) is 27.3 Å². The standard InChI is InChI=1S/C17H13N7OS2/c18-22-10-19-24-16(22)20-21-17(24)26-9-15(25)23-11-5-1-3-7-13(11)27-14-8-4-2-6-12(14)23/h1-8,10H,9,18H2. The molecule has 27 heavy (non-hydrogen) atoms. The Morgan fingerprint density at radius 2 is 1.70 bits per heavy atom. The first-order valence-electron chi connectivity index (χ1n) is 8.08. The van der Waals surface area contributed by atoms with E-state index in [-0.39, 0.29) is 11.7 Å². The number of nitrogen functional groups attached to an aromatic ring is 1. The third-order valence-electron chi connectivity index (χ3n) is 4.12. The van der Waals surface area contributed by atoms with Crippen LogP contribution in [0.25, 0.3) is 5.78 Å². The molecule has 2 aromatic carbocycles. The molecule has 0 fully saturated rings. The highest BCUT2D eigenvalue weighted by atomic mass is 32.2. The van der Waals surface area contributed by atoms with Crippen molar-refractivity contribution in [3.8, 4) is 0 Å². The molecule has 10 heteroatoms. The number of hydrogen-bond donors (Lipinski definition) is 1. The lowest BCUT2D eigenvalue weighted by atomic mass is 10.2. The largest absolute Gasteiger partial charge is 0.335 e. The zero-order valence-corrected chi connectivity index (χ0v) is 15.5. The number of rotatable bonds is 3. The number of nitrogens with two attached hydrogens (primary N) is 1. The van der Waals surface area contributed by atoms with Crippen molar-refractivity contribution in [2.45, 2.75) is 14.9 Å². The molecule has 1 amide bonds. The molecule has 1 aliphatic rings. The van der Waals surface area contributed by atoms with Crippen molar-refractivity contribution in [3.05, 3.63) is 54.9 Å². The first-order chi connectivity index (χ1) is 13.2. The predicted octanol–water partition coefficient (Wildman–Crippen LogP) is 2.56. The molecular weight excluding hydrogens is 382 g/mol. The minimum Gasteiger partial charge on any atom is -0.335 e. The summed E-state index contributed by atoms with van der Waals surface area (Å²) >= 11 is 2.95. The predicted molar refractivity (Wildman–Crippen MR) is 104 cm³/mol. The number of carbonyl (C=O) groups excluding carboxylic acids is 1. The fraction of sp³-hybridized carbons (Fsp3) is 0.0588. The highest BCUT2D eigenvalue weighted by Crippen LogP contribution is 2.48. The summed E-state index contributed by atoms with van der Waals surface area (Å²) in [5.41, 5.74) is 1.79. The summed E-state index contributed by atoms with van der Waals surface area (Å²) in [6.07, 6.45) is 1.45. The molecule has 5 rings (SSSR count). The van der Waals surface area contributed by atoms with Crippen LogP contribution in [0.4, 0.5) is 11.4 Å². The van der Waals surface area contributed by atoms with Crippen LogP contribution in [0.3, 0.4) is 0 Å². The van der Waals surface area contributed by atoms with Gasteiger partial charge in [-0.1, -0.05) is 47.8 Å². The number of thioether (sulfide) groups is 1. The number of aromatic nitrogens is 5. The van der Waals surface area contributed by atoms with E-state index in [2.05, 4.69) is 15.3 Å². The molecule has 2 aromatic heterocycles. The molecule has 0 saturated heterocycles. The van der Waals surface area contributed by atoms with Gasteiger partial charge in [-0.05, 0) is 24.3 Å². The SMILES string of the molecule is Nn1cnn2c(SCC(=O)N3c4ccccc4Sc4ccccc43)nnc12. The lowest BCUT2D eigenvalue weighted by molar-refractivity contribution is -0.115. The van der Waals surface area contributed by atoms with E-state index in [0.29, 0.717) is 10.9 Å². The van der Waals surface area contributed by atoms with Crippen LogP contribution in [0, 0.1) is 0 Å². The van der Waals surface area contributed by atoms with Crippen LogP contribution >= 0.6 is 23.5 Å². The molecule has 0 saturated carbocycles. The van der Waals surface area contributed by atoms with E-state index in [0.717, 1.165) is 21.2 Å². The van der Waals surface area contributed by atoms with Crippen LogP contribution in [0.2, 0.25) is 0 Å². The summed E-state index contributed by atoms with van der Waals surface area (Å²) in [7, 11) is 0. The molecule has 8 nitrogen and oxygen atoms in total. The minimum atomic E-state index is -0.0378. The van der Waals surface area contributed by atoms with Crippen molar-refractivity contribution in [1.82, 2.24) is 24.5 Å². The van der Waals surface area contributed by atoms with Gasteiger partial charge in [0, 0.05) is 9.79 Å². The Kier molecular flexibility index (Phi) is 3.80. The fourth-order valence-electron chi connectivity index (χ4n) is 2.93. The maximum atomic E-state index is 13.1. The molecule has 134 valence electrons. The summed E-state index contributed by atoms with van der Waals surface area (Å²) < 4.78 is 2.80. The van der Waals surface area contributed by atoms with Crippen molar-refractivity contribution < 1.29 is 4.79 Å². The molecule has 3 heterocycles. The maximum Gasteiger partial charge on any atom is 0.273 e. The Labute approximate surface area is 162 Å². The van der Waals surface area contributed by atoms with Gasteiger partial charge in [0.05, 0.1) is 17.1 Å². The third kappa shape index (κ3) is 2.64. The highest BCUT2D eigenvalue weighted by molar-refractivity contribution is 8.00. The van der Waals surface area contributed by atoms with Crippen molar-refractivity contribution in [1.29, 1.82) is 0 Å². The Morgan fingerprint density at radius 1 is 1.04 bits per heavy atom. The average Bonchev–Trinajstić information content (AvgIpc) is 3.27. The van der Waals surface area contributed by atoms with Gasteiger partial charge in [-0.15, -0.1) is 10.2 Å². The Morgan fingerprint density at radius 3 is 2.41 bits per heavy atom. The van der Waals surface area contributed by atoms with Gasteiger partial charge in [-0.25, -0.2) is 4.68 Å². The number of hydrogen-bond acceptors (Lipinski definition) is 7. The van der Waals surface area contributed by atoms with Crippen molar-refractivity contribution in [2.24, 2.45) is 0 Å². The number of para-hydroxylation sites is 2. The smallest absolute Gasteiger partial charge is 0.273 e. The van der Waals surface area contributed by atoms with Gasteiger partial charge >= 0.3 is 0 Å². The van der Waals surface area contributed by atoms with Crippen molar-refractivity contribution >= 4 is 46.6 Å². The fourth-order valence-corrected chi connectivity index (χ4v) is 4.72. The summed E-state index contributed by atoms with van der Waals surface area (Å²) in [5.74, 6) is 6.30.